The van der Waals surface area contributed by atoms with Gasteiger partial charge in [-0.05, 0) is 12.5 Å². The third kappa shape index (κ3) is 1.92. The molecule has 0 saturated heterocycles. The summed E-state index contributed by atoms with van der Waals surface area (Å²) in [5.74, 6) is 0. The van der Waals surface area contributed by atoms with E-state index in [4.69, 9.17) is 0 Å². The number of rotatable bonds is 2. The van der Waals surface area contributed by atoms with Crippen molar-refractivity contribution in [2.24, 2.45) is 4.99 Å². The van der Waals surface area contributed by atoms with E-state index >= 15 is 0 Å². The van der Waals surface area contributed by atoms with Crippen molar-refractivity contribution in [2.75, 3.05) is 6.54 Å². The lowest BCUT2D eigenvalue weighted by atomic mass is 10.2. The number of fused-ring (bicyclic) bond motifs is 1. The molecule has 76 valence electrons. The van der Waals surface area contributed by atoms with Crippen LogP contribution in [0.15, 0.2) is 29.3 Å². The van der Waals surface area contributed by atoms with Gasteiger partial charge < -0.3 is 17.0 Å². The summed E-state index contributed by atoms with van der Waals surface area (Å²) in [5.41, 5.74) is 2.32. The molecule has 4 heteroatoms. The number of nitrogens with zero attached hydrogens (tertiary/aromatic N) is 2. The molecule has 0 N–H and O–H groups in total. The number of aliphatic imine (C=N–C) groups is 1. The first-order chi connectivity index (χ1) is 6.26. The quantitative estimate of drug-likeness (QED) is 0.699. The van der Waals surface area contributed by atoms with Crippen LogP contribution in [0.4, 0.5) is 11.4 Å². The normalized spacial score (nSPS) is 23.0. The van der Waals surface area contributed by atoms with Crippen LogP contribution < -0.4 is 20.5 Å². The fourth-order valence-electron chi connectivity index (χ4n) is 1.61. The molecular weight excluding hydrogens is 308 g/mol. The lowest BCUT2D eigenvalue weighted by Crippen LogP contribution is -3.00. The number of para-hydroxylation sites is 2. The monoisotopic (exact) mass is 318 g/mol. The molecule has 1 aliphatic rings. The lowest BCUT2D eigenvalue weighted by molar-refractivity contribution is -0.00000254. The molecule has 1 unspecified atom stereocenters. The maximum Gasteiger partial charge on any atom is 0.240 e. The van der Waals surface area contributed by atoms with Gasteiger partial charge in [0.05, 0.1) is 6.54 Å². The maximum absolute atomic E-state index is 4.37. The van der Waals surface area contributed by atoms with Crippen molar-refractivity contribution in [3.05, 3.63) is 24.3 Å². The molecule has 1 atom stereocenters. The van der Waals surface area contributed by atoms with Crippen molar-refractivity contribution in [1.82, 2.24) is 3.51 Å². The molecule has 1 aromatic rings. The Morgan fingerprint density at radius 2 is 2.07 bits per heavy atom. The second-order valence-corrected chi connectivity index (χ2v) is 4.49. The van der Waals surface area contributed by atoms with Crippen molar-refractivity contribution in [2.45, 2.75) is 13.3 Å². The molecule has 0 bridgehead atoms. The summed E-state index contributed by atoms with van der Waals surface area (Å²) in [6.45, 7) is 3.22. The molecule has 2 rings (SSSR count). The Morgan fingerprint density at radius 3 is 2.79 bits per heavy atom. The number of halogens is 2. The van der Waals surface area contributed by atoms with Gasteiger partial charge in [0.15, 0.2) is 5.69 Å². The second-order valence-electron chi connectivity index (χ2n) is 3.23. The van der Waals surface area contributed by atoms with Crippen LogP contribution in [0.3, 0.4) is 0 Å². The average molecular weight is 320 g/mol. The smallest absolute Gasteiger partial charge is 0.240 e. The first-order valence-corrected chi connectivity index (χ1v) is 5.19. The number of benzene rings is 1. The van der Waals surface area contributed by atoms with Gasteiger partial charge in [-0.15, -0.1) is 0 Å². The Kier molecular flexibility index (Phi) is 3.86. The highest BCUT2D eigenvalue weighted by Crippen LogP contribution is 2.40. The molecule has 1 heterocycles. The molecule has 2 nitrogen and oxygen atoms in total. The molecule has 0 aliphatic carbocycles. The van der Waals surface area contributed by atoms with Gasteiger partial charge in [0.25, 0.3) is 0 Å². The minimum absolute atomic E-state index is 0. The zero-order valence-electron chi connectivity index (χ0n) is 7.95. The topological polar surface area (TPSA) is 12.4 Å². The number of hydrogen-bond acceptors (Lipinski definition) is 1. The maximum atomic E-state index is 4.37. The fraction of sp³-hybridized carbons (Fsp3) is 0.300. The van der Waals surface area contributed by atoms with Gasteiger partial charge in [-0.3, -0.25) is 0 Å². The van der Waals surface area contributed by atoms with Gasteiger partial charge in [0.2, 0.25) is 22.5 Å². The van der Waals surface area contributed by atoms with E-state index < -0.39 is 0 Å². The summed E-state index contributed by atoms with van der Waals surface area (Å²) in [6.07, 6.45) is 3.08. The SMILES string of the molecule is CCC[N+]1(Br)C=Nc2ccccc21.[Br-]. The molecule has 0 aromatic heterocycles. The van der Waals surface area contributed by atoms with Crippen molar-refractivity contribution in [1.29, 1.82) is 0 Å². The zero-order chi connectivity index (χ0) is 9.31. The summed E-state index contributed by atoms with van der Waals surface area (Å²) < 4.78 is 0.666. The van der Waals surface area contributed by atoms with Crippen LogP contribution in [0, 0.1) is 0 Å². The number of quaternary nitrogens is 1. The van der Waals surface area contributed by atoms with Crippen LogP contribution in [0.2, 0.25) is 0 Å². The molecule has 0 spiro atoms. The van der Waals surface area contributed by atoms with Crippen molar-refractivity contribution < 1.29 is 17.0 Å². The Labute approximate surface area is 103 Å². The van der Waals surface area contributed by atoms with Crippen molar-refractivity contribution in [3.8, 4) is 0 Å². The summed E-state index contributed by atoms with van der Waals surface area (Å²) in [7, 11) is 0. The van der Waals surface area contributed by atoms with Crippen LogP contribution in [0.1, 0.15) is 13.3 Å². The summed E-state index contributed by atoms with van der Waals surface area (Å²) >= 11 is 3.69. The van der Waals surface area contributed by atoms with Crippen molar-refractivity contribution >= 4 is 33.9 Å². The van der Waals surface area contributed by atoms with E-state index in [1.54, 1.807) is 0 Å². The second kappa shape index (κ2) is 4.55. The minimum atomic E-state index is 0. The van der Waals surface area contributed by atoms with Gasteiger partial charge in [-0.25, -0.2) is 0 Å². The average Bonchev–Trinajstić information content (AvgIpc) is 2.46. The molecule has 0 amide bonds. The Balaban J connectivity index is 0.000000980. The Bertz CT molecular complexity index is 352. The van der Waals surface area contributed by atoms with Crippen LogP contribution in [0.25, 0.3) is 0 Å². The van der Waals surface area contributed by atoms with Gasteiger partial charge >= 0.3 is 0 Å². The van der Waals surface area contributed by atoms with Gasteiger partial charge in [0.1, 0.15) is 5.69 Å². The highest BCUT2D eigenvalue weighted by atomic mass is 79.9. The zero-order valence-corrected chi connectivity index (χ0v) is 11.1. The van der Waals surface area contributed by atoms with E-state index in [0.717, 1.165) is 18.7 Å². The minimum Gasteiger partial charge on any atom is -1.00 e. The molecular formula is C10H12Br2N2. The third-order valence-corrected chi connectivity index (χ3v) is 3.13. The highest BCUT2D eigenvalue weighted by molar-refractivity contribution is 9.09. The number of hydrogen-bond donors (Lipinski definition) is 0. The van der Waals surface area contributed by atoms with E-state index in [9.17, 15) is 0 Å². The van der Waals surface area contributed by atoms with E-state index in [1.165, 1.54) is 5.69 Å². The fourth-order valence-corrected chi connectivity index (χ4v) is 2.35. The van der Waals surface area contributed by atoms with Gasteiger partial charge in [-0.1, -0.05) is 19.1 Å². The lowest BCUT2D eigenvalue weighted by Gasteiger charge is -2.20. The molecule has 1 aliphatic heterocycles. The van der Waals surface area contributed by atoms with Crippen LogP contribution in [0.5, 0.6) is 0 Å². The summed E-state index contributed by atoms with van der Waals surface area (Å²) in [4.78, 5) is 4.37. The Morgan fingerprint density at radius 1 is 1.36 bits per heavy atom. The third-order valence-electron chi connectivity index (χ3n) is 2.21. The predicted molar refractivity (Wildman–Crippen MR) is 60.5 cm³/mol. The van der Waals surface area contributed by atoms with Crippen molar-refractivity contribution in [3.63, 3.8) is 0 Å². The van der Waals surface area contributed by atoms with Crippen LogP contribution in [-0.4, -0.2) is 12.9 Å². The van der Waals surface area contributed by atoms with E-state index in [2.05, 4.69) is 40.2 Å². The highest BCUT2D eigenvalue weighted by Gasteiger charge is 2.33. The first-order valence-electron chi connectivity index (χ1n) is 4.48. The molecule has 1 aromatic carbocycles. The standard InChI is InChI=1S/C10H12BrN2.BrH/c1-2-7-13(11)8-12-9-5-3-4-6-10(9)13;/h3-6,8H,2,7H2,1H3;1H/q+1;/p-1. The molecule has 14 heavy (non-hydrogen) atoms. The largest absolute Gasteiger partial charge is 1.00 e. The predicted octanol–water partition coefficient (Wildman–Crippen LogP) is 0.391. The molecule has 0 saturated carbocycles. The molecule has 0 radical (unpaired) electrons. The van der Waals surface area contributed by atoms with Gasteiger partial charge in [-0.2, -0.15) is 8.50 Å². The van der Waals surface area contributed by atoms with E-state index in [-0.39, 0.29) is 17.0 Å². The summed E-state index contributed by atoms with van der Waals surface area (Å²) in [6, 6.07) is 8.23. The van der Waals surface area contributed by atoms with Crippen LogP contribution in [-0.2, 0) is 0 Å². The van der Waals surface area contributed by atoms with E-state index in [1.807, 2.05) is 18.5 Å². The Hall–Kier alpha value is -0.190. The van der Waals surface area contributed by atoms with Crippen LogP contribution >= 0.6 is 16.1 Å². The van der Waals surface area contributed by atoms with E-state index in [0.29, 0.717) is 3.51 Å². The summed E-state index contributed by atoms with van der Waals surface area (Å²) in [5, 5.41) is 0. The van der Waals surface area contributed by atoms with Gasteiger partial charge in [0, 0.05) is 6.07 Å². The molecule has 0 fully saturated rings. The first kappa shape index (κ1) is 11.9.